The van der Waals surface area contributed by atoms with Gasteiger partial charge in [-0.05, 0) is 24.6 Å². The number of hydrogen-bond donors (Lipinski definition) is 0. The average Bonchev–Trinajstić information content (AvgIpc) is 3.70. The number of aromatic nitrogens is 6. The van der Waals surface area contributed by atoms with E-state index < -0.39 is 8.07 Å². The van der Waals surface area contributed by atoms with Crippen molar-refractivity contribution < 1.29 is 4.74 Å². The summed E-state index contributed by atoms with van der Waals surface area (Å²) < 4.78 is 9.83. The Morgan fingerprint density at radius 2 is 2.05 bits per heavy atom. The molecule has 0 amide bonds. The molecule has 10 nitrogen and oxygen atoms in total. The van der Waals surface area contributed by atoms with Crippen LogP contribution in [0.15, 0.2) is 43.2 Å². The van der Waals surface area contributed by atoms with E-state index in [1.807, 2.05) is 27.7 Å². The van der Waals surface area contributed by atoms with Gasteiger partial charge in [-0.3, -0.25) is 4.68 Å². The summed E-state index contributed by atoms with van der Waals surface area (Å²) in [7, 11) is -1.15. The first-order chi connectivity index (χ1) is 19.3. The van der Waals surface area contributed by atoms with Gasteiger partial charge >= 0.3 is 0 Å². The van der Waals surface area contributed by atoms with E-state index in [9.17, 15) is 10.5 Å². The molecule has 40 heavy (non-hydrogen) atoms. The van der Waals surface area contributed by atoms with Gasteiger partial charge in [0.15, 0.2) is 0 Å². The van der Waals surface area contributed by atoms with E-state index in [1.54, 1.807) is 24.8 Å². The fourth-order valence-electron chi connectivity index (χ4n) is 5.12. The van der Waals surface area contributed by atoms with E-state index in [0.29, 0.717) is 36.1 Å². The Morgan fingerprint density at radius 3 is 2.83 bits per heavy atom. The minimum absolute atomic E-state index is 0.122. The number of rotatable bonds is 10. The van der Waals surface area contributed by atoms with Crippen LogP contribution in [0.3, 0.4) is 0 Å². The van der Waals surface area contributed by atoms with Gasteiger partial charge in [-0.15, -0.1) is 0 Å². The largest absolute Gasteiger partial charge is 0.361 e. The fraction of sp³-hybridized carbons (Fsp3) is 0.429. The Hall–Kier alpha value is -3.77. The van der Waals surface area contributed by atoms with Crippen molar-refractivity contribution in [3.63, 3.8) is 0 Å². The highest BCUT2D eigenvalue weighted by atomic mass is 35.5. The molecule has 0 radical (unpaired) electrons. The number of ether oxygens (including phenoxy) is 1. The molecule has 5 rings (SSSR count). The lowest BCUT2D eigenvalue weighted by atomic mass is 9.96. The van der Waals surface area contributed by atoms with Gasteiger partial charge in [0.05, 0.1) is 36.0 Å². The third kappa shape index (κ3) is 5.87. The molecule has 0 saturated carbocycles. The van der Waals surface area contributed by atoms with Gasteiger partial charge in [0.2, 0.25) is 0 Å². The molecule has 2 unspecified atom stereocenters. The van der Waals surface area contributed by atoms with Crippen molar-refractivity contribution >= 4 is 36.5 Å². The highest BCUT2D eigenvalue weighted by molar-refractivity contribution is 6.76. The third-order valence-electron chi connectivity index (χ3n) is 7.36. The van der Waals surface area contributed by atoms with Crippen LogP contribution in [0.2, 0.25) is 30.7 Å². The molecular formula is C28H32ClN9OSi. The van der Waals surface area contributed by atoms with Gasteiger partial charge in [-0.1, -0.05) is 31.2 Å². The van der Waals surface area contributed by atoms with E-state index in [2.05, 4.69) is 56.7 Å². The molecule has 1 aliphatic heterocycles. The number of halogens is 1. The Kier molecular flexibility index (Phi) is 8.17. The minimum atomic E-state index is -1.15. The summed E-state index contributed by atoms with van der Waals surface area (Å²) in [4.78, 5) is 15.6. The van der Waals surface area contributed by atoms with Gasteiger partial charge in [-0.2, -0.15) is 15.6 Å². The summed E-state index contributed by atoms with van der Waals surface area (Å²) in [6.45, 7) is 9.61. The molecule has 0 bridgehead atoms. The van der Waals surface area contributed by atoms with E-state index in [4.69, 9.17) is 16.3 Å². The van der Waals surface area contributed by atoms with E-state index in [1.165, 1.54) is 0 Å². The van der Waals surface area contributed by atoms with Crippen LogP contribution < -0.4 is 4.90 Å². The molecule has 0 N–H and O–H groups in total. The topological polar surface area (TPSA) is 121 Å². The normalized spacial score (nSPS) is 16.2. The van der Waals surface area contributed by atoms with Crippen molar-refractivity contribution in [3.05, 3.63) is 53.8 Å². The summed E-state index contributed by atoms with van der Waals surface area (Å²) in [5, 5.41) is 25.0. The Balaban J connectivity index is 1.34. The van der Waals surface area contributed by atoms with E-state index in [0.717, 1.165) is 47.9 Å². The molecular weight excluding hydrogens is 542 g/mol. The predicted molar refractivity (Wildman–Crippen MR) is 156 cm³/mol. The Morgan fingerprint density at radius 1 is 1.20 bits per heavy atom. The molecule has 1 fully saturated rings. The molecule has 0 spiro atoms. The van der Waals surface area contributed by atoms with Crippen molar-refractivity contribution in [1.29, 1.82) is 10.5 Å². The van der Waals surface area contributed by atoms with Crippen LogP contribution in [-0.2, 0) is 11.5 Å². The van der Waals surface area contributed by atoms with Crippen molar-refractivity contribution in [3.8, 4) is 23.4 Å². The summed E-state index contributed by atoms with van der Waals surface area (Å²) in [5.41, 5.74) is 2.89. The first-order valence-electron chi connectivity index (χ1n) is 13.4. The summed E-state index contributed by atoms with van der Waals surface area (Å²) >= 11 is 6.45. The van der Waals surface area contributed by atoms with Crippen LogP contribution in [0.4, 0.5) is 5.82 Å². The Bertz CT molecular complexity index is 1580. The molecule has 2 atom stereocenters. The number of nitriles is 2. The van der Waals surface area contributed by atoms with Gasteiger partial charge in [0.1, 0.15) is 35.6 Å². The lowest BCUT2D eigenvalue weighted by molar-refractivity contribution is 0.0899. The highest BCUT2D eigenvalue weighted by Crippen LogP contribution is 2.36. The van der Waals surface area contributed by atoms with Crippen molar-refractivity contribution in [2.24, 2.45) is 5.92 Å². The molecule has 0 aromatic carbocycles. The SMILES string of the molecule is C[Si](C)(C)CCOCn1ccc2c(-c3cnn(C(CC#N)C4CCN(c5nccc(C#N)c5Cl)C4)c3)ncnc21. The molecule has 4 aromatic rings. The standard InChI is InChI=1S/C28H32ClN9OSi/c1-40(2,3)13-12-39-19-37-11-7-23-26(33-18-34-27(23)37)22-15-35-38(17-22)24(4-8-30)21-6-10-36(16-21)28-25(29)20(14-31)5-9-32-28/h5,7,9,11,15,17-18,21,24H,4,6,10,12-13,16,19H2,1-3H3. The number of hydrogen-bond acceptors (Lipinski definition) is 8. The predicted octanol–water partition coefficient (Wildman–Crippen LogP) is 5.51. The molecule has 206 valence electrons. The van der Waals surface area contributed by atoms with Crippen molar-refractivity contribution in [1.82, 2.24) is 29.3 Å². The van der Waals surface area contributed by atoms with Gasteiger partial charge in [0.25, 0.3) is 0 Å². The fourth-order valence-corrected chi connectivity index (χ4v) is 6.15. The monoisotopic (exact) mass is 573 g/mol. The van der Waals surface area contributed by atoms with Gasteiger partial charge in [-0.25, -0.2) is 15.0 Å². The number of fused-ring (bicyclic) bond motifs is 1. The first-order valence-corrected chi connectivity index (χ1v) is 17.5. The zero-order valence-corrected chi connectivity index (χ0v) is 24.7. The first kappa shape index (κ1) is 27.8. The zero-order valence-electron chi connectivity index (χ0n) is 23.0. The molecule has 1 aliphatic rings. The average molecular weight is 574 g/mol. The summed E-state index contributed by atoms with van der Waals surface area (Å²) in [5.74, 6) is 0.772. The van der Waals surface area contributed by atoms with Crippen LogP contribution >= 0.6 is 11.6 Å². The van der Waals surface area contributed by atoms with Crippen LogP contribution in [-0.4, -0.2) is 57.1 Å². The van der Waals surface area contributed by atoms with Crippen LogP contribution in [0, 0.1) is 28.6 Å². The Labute approximate surface area is 239 Å². The molecule has 12 heteroatoms. The molecule has 5 heterocycles. The zero-order chi connectivity index (χ0) is 28.3. The highest BCUT2D eigenvalue weighted by Gasteiger charge is 2.33. The van der Waals surface area contributed by atoms with Crippen molar-refractivity contribution in [2.75, 3.05) is 24.6 Å². The second-order valence-corrected chi connectivity index (χ2v) is 17.3. The van der Waals surface area contributed by atoms with Crippen LogP contribution in [0.1, 0.15) is 24.4 Å². The van der Waals surface area contributed by atoms with Crippen molar-refractivity contribution in [2.45, 2.75) is 51.3 Å². The number of anilines is 1. The molecule has 1 saturated heterocycles. The van der Waals surface area contributed by atoms with Crippen LogP contribution in [0.5, 0.6) is 0 Å². The lowest BCUT2D eigenvalue weighted by Crippen LogP contribution is -2.25. The van der Waals surface area contributed by atoms with E-state index >= 15 is 0 Å². The van der Waals surface area contributed by atoms with Crippen LogP contribution in [0.25, 0.3) is 22.3 Å². The second-order valence-electron chi connectivity index (χ2n) is 11.3. The second kappa shape index (κ2) is 11.8. The molecule has 0 aliphatic carbocycles. The number of nitrogens with zero attached hydrogens (tertiary/aromatic N) is 9. The molecule has 4 aromatic heterocycles. The summed E-state index contributed by atoms with van der Waals surface area (Å²) in [6, 6.07) is 9.07. The smallest absolute Gasteiger partial charge is 0.148 e. The summed E-state index contributed by atoms with van der Waals surface area (Å²) in [6.07, 6.45) is 10.1. The van der Waals surface area contributed by atoms with E-state index in [-0.39, 0.29) is 12.0 Å². The van der Waals surface area contributed by atoms with Gasteiger partial charge in [0, 0.05) is 63.2 Å². The minimum Gasteiger partial charge on any atom is -0.361 e. The quantitative estimate of drug-likeness (QED) is 0.180. The van der Waals surface area contributed by atoms with Gasteiger partial charge < -0.3 is 14.2 Å². The number of pyridine rings is 1. The maximum Gasteiger partial charge on any atom is 0.148 e. The maximum atomic E-state index is 9.65. The third-order valence-corrected chi connectivity index (χ3v) is 9.43. The maximum absolute atomic E-state index is 9.65. The lowest BCUT2D eigenvalue weighted by Gasteiger charge is -2.23.